The Bertz CT molecular complexity index is 969. The first-order valence-corrected chi connectivity index (χ1v) is 9.93. The van der Waals surface area contributed by atoms with Gasteiger partial charge >= 0.3 is 12.1 Å². The number of halogens is 3. The fourth-order valence-electron chi connectivity index (χ4n) is 3.82. The number of benzene rings is 1. The molecule has 170 valence electrons. The van der Waals surface area contributed by atoms with E-state index in [0.29, 0.717) is 13.1 Å². The summed E-state index contributed by atoms with van der Waals surface area (Å²) in [6.45, 7) is 1.93. The van der Waals surface area contributed by atoms with Crippen molar-refractivity contribution in [2.45, 2.75) is 25.6 Å². The Hall–Kier alpha value is -3.43. The van der Waals surface area contributed by atoms with Crippen LogP contribution in [0.1, 0.15) is 28.8 Å². The lowest BCUT2D eigenvalue weighted by Gasteiger charge is -2.16. The molecule has 7 nitrogen and oxygen atoms in total. The topological polar surface area (TPSA) is 99.6 Å². The van der Waals surface area contributed by atoms with Gasteiger partial charge < -0.3 is 15.3 Å². The molecule has 1 aromatic heterocycles. The quantitative estimate of drug-likeness (QED) is 0.748. The van der Waals surface area contributed by atoms with E-state index < -0.39 is 12.1 Å². The van der Waals surface area contributed by atoms with Crippen LogP contribution in [0.5, 0.6) is 0 Å². The number of aromatic nitrogens is 1. The molecule has 0 radical (unpaired) electrons. The molecule has 2 N–H and O–H groups in total. The van der Waals surface area contributed by atoms with Crippen molar-refractivity contribution in [2.24, 2.45) is 11.3 Å². The summed E-state index contributed by atoms with van der Waals surface area (Å²) in [5, 5.41) is 10.1. The molecule has 10 heteroatoms. The maximum absolute atomic E-state index is 12.6. The Morgan fingerprint density at radius 1 is 1.16 bits per heavy atom. The number of pyridine rings is 1. The lowest BCUT2D eigenvalue weighted by Crippen LogP contribution is -2.31. The van der Waals surface area contributed by atoms with Crippen LogP contribution in [0.2, 0.25) is 0 Å². The molecule has 2 aliphatic rings. The number of aliphatic carboxylic acids is 1. The molecule has 2 amide bonds. The number of carboxylic acid groups (broad SMARTS) is 1. The van der Waals surface area contributed by atoms with Gasteiger partial charge in [-0.05, 0) is 36.6 Å². The Morgan fingerprint density at radius 3 is 2.44 bits per heavy atom. The number of hydrogen-bond acceptors (Lipinski definition) is 4. The maximum Gasteiger partial charge on any atom is 0.490 e. The van der Waals surface area contributed by atoms with Crippen molar-refractivity contribution in [3.05, 3.63) is 66.0 Å². The molecule has 2 aromatic rings. The number of rotatable bonds is 4. The van der Waals surface area contributed by atoms with Crippen molar-refractivity contribution in [1.29, 1.82) is 0 Å². The van der Waals surface area contributed by atoms with Crippen molar-refractivity contribution in [3.8, 4) is 0 Å². The van der Waals surface area contributed by atoms with Gasteiger partial charge in [0.2, 0.25) is 5.91 Å². The first kappa shape index (κ1) is 23.2. The van der Waals surface area contributed by atoms with Gasteiger partial charge in [0.05, 0.1) is 0 Å². The molecule has 2 atom stereocenters. The van der Waals surface area contributed by atoms with Crippen molar-refractivity contribution in [2.75, 3.05) is 13.1 Å². The monoisotopic (exact) mass is 449 g/mol. The Balaban J connectivity index is 0.000000360. The highest BCUT2D eigenvalue weighted by atomic mass is 19.4. The van der Waals surface area contributed by atoms with Crippen LogP contribution < -0.4 is 5.32 Å². The molecule has 1 aromatic carbocycles. The number of carbonyl (C=O) groups is 3. The number of carbonyl (C=O) groups excluding carboxylic acids is 2. The van der Waals surface area contributed by atoms with E-state index in [1.165, 1.54) is 0 Å². The summed E-state index contributed by atoms with van der Waals surface area (Å²) in [4.78, 5) is 39.9. The third-order valence-electron chi connectivity index (χ3n) is 5.63. The first-order chi connectivity index (χ1) is 15.1. The number of nitrogens with zero attached hydrogens (tertiary/aromatic N) is 2. The highest BCUT2D eigenvalue weighted by Gasteiger charge is 2.61. The highest BCUT2D eigenvalue weighted by molar-refractivity contribution is 5.94. The van der Waals surface area contributed by atoms with Crippen LogP contribution >= 0.6 is 0 Å². The minimum absolute atomic E-state index is 0.0105. The standard InChI is InChI=1S/C20H21N3O2.C2HF3O2/c24-18(22-13-15-5-4-9-21-12-15)17-11-20(17)8-10-23(14-20)19(25)16-6-2-1-3-7-16;3-2(4,5)1(6)7/h1-7,9,12,17H,8,10-11,13-14H2,(H,22,24);(H,6,7). The fourth-order valence-corrected chi connectivity index (χ4v) is 3.82. The number of alkyl halides is 3. The molecule has 1 saturated carbocycles. The van der Waals surface area contributed by atoms with Crippen molar-refractivity contribution < 1.29 is 32.7 Å². The molecule has 2 unspecified atom stereocenters. The van der Waals surface area contributed by atoms with Gasteiger partial charge in [-0.3, -0.25) is 14.6 Å². The molecule has 32 heavy (non-hydrogen) atoms. The number of amides is 2. The normalized spacial score (nSPS) is 21.5. The maximum atomic E-state index is 12.6. The first-order valence-electron chi connectivity index (χ1n) is 9.93. The molecule has 4 rings (SSSR count). The van der Waals surface area contributed by atoms with E-state index in [9.17, 15) is 22.8 Å². The van der Waals surface area contributed by atoms with Crippen LogP contribution in [0, 0.1) is 11.3 Å². The van der Waals surface area contributed by atoms with Gasteiger partial charge in [0, 0.05) is 48.9 Å². The Labute approximate surface area is 182 Å². The lowest BCUT2D eigenvalue weighted by atomic mass is 10.0. The number of hydrogen-bond donors (Lipinski definition) is 2. The summed E-state index contributed by atoms with van der Waals surface area (Å²) in [5.74, 6) is -2.57. The van der Waals surface area contributed by atoms with Crippen LogP contribution in [0.25, 0.3) is 0 Å². The van der Waals surface area contributed by atoms with E-state index in [2.05, 4.69) is 10.3 Å². The van der Waals surface area contributed by atoms with Crippen LogP contribution in [-0.4, -0.2) is 52.0 Å². The van der Waals surface area contributed by atoms with E-state index in [4.69, 9.17) is 9.90 Å². The molecular weight excluding hydrogens is 427 g/mol. The number of nitrogens with one attached hydrogen (secondary N) is 1. The van der Waals surface area contributed by atoms with E-state index in [-0.39, 0.29) is 23.1 Å². The summed E-state index contributed by atoms with van der Waals surface area (Å²) in [6, 6.07) is 13.2. The van der Waals surface area contributed by atoms with E-state index in [1.807, 2.05) is 47.4 Å². The van der Waals surface area contributed by atoms with Crippen molar-refractivity contribution >= 4 is 17.8 Å². The summed E-state index contributed by atoms with van der Waals surface area (Å²) < 4.78 is 31.7. The van der Waals surface area contributed by atoms with Gasteiger partial charge in [0.1, 0.15) is 0 Å². The molecule has 2 heterocycles. The molecule has 1 spiro atoms. The summed E-state index contributed by atoms with van der Waals surface area (Å²) >= 11 is 0. The predicted molar refractivity (Wildman–Crippen MR) is 107 cm³/mol. The third-order valence-corrected chi connectivity index (χ3v) is 5.63. The Morgan fingerprint density at radius 2 is 1.84 bits per heavy atom. The zero-order valence-corrected chi connectivity index (χ0v) is 17.0. The van der Waals surface area contributed by atoms with Crippen LogP contribution in [0.4, 0.5) is 13.2 Å². The van der Waals surface area contributed by atoms with Gasteiger partial charge in [-0.15, -0.1) is 0 Å². The van der Waals surface area contributed by atoms with Gasteiger partial charge in [0.25, 0.3) is 5.91 Å². The van der Waals surface area contributed by atoms with Gasteiger partial charge in [0.15, 0.2) is 0 Å². The molecule has 1 aliphatic heterocycles. The largest absolute Gasteiger partial charge is 0.490 e. The number of carboxylic acids is 1. The molecule has 1 saturated heterocycles. The highest BCUT2D eigenvalue weighted by Crippen LogP contribution is 2.58. The van der Waals surface area contributed by atoms with Crippen molar-refractivity contribution in [1.82, 2.24) is 15.2 Å². The smallest absolute Gasteiger partial charge is 0.475 e. The minimum atomic E-state index is -5.08. The lowest BCUT2D eigenvalue weighted by molar-refractivity contribution is -0.192. The van der Waals surface area contributed by atoms with E-state index in [1.54, 1.807) is 12.4 Å². The van der Waals surface area contributed by atoms with Crippen LogP contribution in [0.3, 0.4) is 0 Å². The predicted octanol–water partition coefficient (Wildman–Crippen LogP) is 2.88. The fraction of sp³-hybridized carbons (Fsp3) is 0.364. The van der Waals surface area contributed by atoms with Gasteiger partial charge in [-0.25, -0.2) is 4.79 Å². The third kappa shape index (κ3) is 5.63. The number of likely N-dealkylation sites (tertiary alicyclic amines) is 1. The van der Waals surface area contributed by atoms with Gasteiger partial charge in [-0.1, -0.05) is 24.3 Å². The second-order valence-electron chi connectivity index (χ2n) is 7.84. The zero-order chi connectivity index (χ0) is 23.4. The van der Waals surface area contributed by atoms with Gasteiger partial charge in [-0.2, -0.15) is 13.2 Å². The average Bonchev–Trinajstić information content (AvgIpc) is 3.32. The zero-order valence-electron chi connectivity index (χ0n) is 17.0. The average molecular weight is 449 g/mol. The van der Waals surface area contributed by atoms with E-state index >= 15 is 0 Å². The summed E-state index contributed by atoms with van der Waals surface area (Å²) in [7, 11) is 0. The molecule has 1 aliphatic carbocycles. The summed E-state index contributed by atoms with van der Waals surface area (Å²) in [5.41, 5.74) is 1.71. The second kappa shape index (κ2) is 9.37. The summed E-state index contributed by atoms with van der Waals surface area (Å²) in [6.07, 6.45) is 0.192. The second-order valence-corrected chi connectivity index (χ2v) is 7.84. The molecular formula is C22H22F3N3O4. The van der Waals surface area contributed by atoms with Crippen molar-refractivity contribution in [3.63, 3.8) is 0 Å². The SMILES string of the molecule is O=C(NCc1cccnc1)C1CC12CCN(C(=O)c1ccccc1)C2.O=C(O)C(F)(F)F. The Kier molecular flexibility index (Phi) is 6.81. The molecule has 0 bridgehead atoms. The van der Waals surface area contributed by atoms with Crippen LogP contribution in [0.15, 0.2) is 54.9 Å². The minimum Gasteiger partial charge on any atom is -0.475 e. The molecule has 2 fully saturated rings. The van der Waals surface area contributed by atoms with Crippen LogP contribution in [-0.2, 0) is 16.1 Å². The van der Waals surface area contributed by atoms with E-state index in [0.717, 1.165) is 30.5 Å².